The van der Waals surface area contributed by atoms with Crippen molar-refractivity contribution < 1.29 is 18.7 Å². The molecule has 130 valence electrons. The summed E-state index contributed by atoms with van der Waals surface area (Å²) in [4.78, 5) is 14.7. The highest BCUT2D eigenvalue weighted by molar-refractivity contribution is 6.00. The Hall–Kier alpha value is -1.85. The number of furan rings is 1. The molecule has 0 spiro atoms. The van der Waals surface area contributed by atoms with Gasteiger partial charge in [0.15, 0.2) is 5.76 Å². The van der Waals surface area contributed by atoms with Gasteiger partial charge in [-0.05, 0) is 24.3 Å². The largest absolute Gasteiger partial charge is 0.492 e. The minimum absolute atomic E-state index is 0.00786. The van der Waals surface area contributed by atoms with Gasteiger partial charge in [0.25, 0.3) is 0 Å². The van der Waals surface area contributed by atoms with Gasteiger partial charge in [-0.2, -0.15) is 0 Å². The van der Waals surface area contributed by atoms with Gasteiger partial charge >= 0.3 is 0 Å². The van der Waals surface area contributed by atoms with Crippen LogP contribution < -0.4 is 4.74 Å². The number of ketones is 1. The van der Waals surface area contributed by atoms with E-state index in [1.165, 1.54) is 0 Å². The number of rotatable bonds is 5. The molecule has 0 bridgehead atoms. The van der Waals surface area contributed by atoms with Crippen LogP contribution in [0.4, 0.5) is 0 Å². The SMILES string of the molecule is CC(C)(C)C(=O)c1cc2cc(OCCN3CCOCC3)ccc2o1. The Bertz CT molecular complexity index is 708. The van der Waals surface area contributed by atoms with Crippen LogP contribution in [-0.2, 0) is 4.74 Å². The lowest BCUT2D eigenvalue weighted by atomic mass is 9.89. The van der Waals surface area contributed by atoms with E-state index in [1.807, 2.05) is 39.0 Å². The Morgan fingerprint density at radius 3 is 2.67 bits per heavy atom. The number of hydrogen-bond donors (Lipinski definition) is 0. The first-order valence-corrected chi connectivity index (χ1v) is 8.45. The zero-order chi connectivity index (χ0) is 17.2. The third kappa shape index (κ3) is 3.97. The molecular weight excluding hydrogens is 306 g/mol. The molecule has 0 N–H and O–H groups in total. The fraction of sp³-hybridized carbons (Fsp3) is 0.526. The molecular formula is C19H25NO4. The lowest BCUT2D eigenvalue weighted by molar-refractivity contribution is 0.0322. The molecule has 0 unspecified atom stereocenters. The molecule has 1 aliphatic rings. The third-order valence-corrected chi connectivity index (χ3v) is 4.17. The summed E-state index contributed by atoms with van der Waals surface area (Å²) in [6, 6.07) is 7.48. The van der Waals surface area contributed by atoms with Crippen LogP contribution in [0.1, 0.15) is 31.3 Å². The average Bonchev–Trinajstić information content (AvgIpc) is 2.97. The second-order valence-corrected chi connectivity index (χ2v) is 7.19. The molecule has 5 heteroatoms. The minimum Gasteiger partial charge on any atom is -0.492 e. The Kier molecular flexibility index (Phi) is 4.92. The Morgan fingerprint density at radius 2 is 1.96 bits per heavy atom. The number of ether oxygens (including phenoxy) is 2. The van der Waals surface area contributed by atoms with Crippen molar-refractivity contribution in [2.75, 3.05) is 39.5 Å². The summed E-state index contributed by atoms with van der Waals surface area (Å²) in [5.41, 5.74) is 0.258. The van der Waals surface area contributed by atoms with Gasteiger partial charge in [0.1, 0.15) is 17.9 Å². The van der Waals surface area contributed by atoms with E-state index in [-0.39, 0.29) is 5.78 Å². The molecule has 0 saturated carbocycles. The molecule has 24 heavy (non-hydrogen) atoms. The van der Waals surface area contributed by atoms with Crippen molar-refractivity contribution in [2.24, 2.45) is 5.41 Å². The Balaban J connectivity index is 1.64. The number of hydrogen-bond acceptors (Lipinski definition) is 5. The van der Waals surface area contributed by atoms with Gasteiger partial charge in [-0.25, -0.2) is 0 Å². The van der Waals surface area contributed by atoms with E-state index in [0.717, 1.165) is 44.0 Å². The van der Waals surface area contributed by atoms with E-state index in [1.54, 1.807) is 6.07 Å². The summed E-state index contributed by atoms with van der Waals surface area (Å²) >= 11 is 0. The first kappa shape index (κ1) is 17.0. The topological polar surface area (TPSA) is 51.9 Å². The van der Waals surface area contributed by atoms with Crippen molar-refractivity contribution in [1.29, 1.82) is 0 Å². The van der Waals surface area contributed by atoms with Gasteiger partial charge in [-0.1, -0.05) is 20.8 Å². The maximum Gasteiger partial charge on any atom is 0.203 e. The molecule has 3 rings (SSSR count). The minimum atomic E-state index is -0.453. The Morgan fingerprint density at radius 1 is 1.21 bits per heavy atom. The summed E-state index contributed by atoms with van der Waals surface area (Å²) in [7, 11) is 0. The highest BCUT2D eigenvalue weighted by Gasteiger charge is 2.26. The molecule has 0 atom stereocenters. The predicted octanol–water partition coefficient (Wildman–Crippen LogP) is 3.37. The smallest absolute Gasteiger partial charge is 0.203 e. The lowest BCUT2D eigenvalue weighted by Gasteiger charge is -2.26. The van der Waals surface area contributed by atoms with Crippen molar-refractivity contribution in [2.45, 2.75) is 20.8 Å². The molecule has 1 fully saturated rings. The van der Waals surface area contributed by atoms with Gasteiger partial charge in [0.2, 0.25) is 5.78 Å². The van der Waals surface area contributed by atoms with Gasteiger partial charge < -0.3 is 13.9 Å². The fourth-order valence-electron chi connectivity index (χ4n) is 2.71. The maximum absolute atomic E-state index is 12.3. The van der Waals surface area contributed by atoms with E-state index in [2.05, 4.69) is 4.90 Å². The molecule has 2 aromatic rings. The van der Waals surface area contributed by atoms with Crippen LogP contribution in [-0.4, -0.2) is 50.1 Å². The molecule has 0 radical (unpaired) electrons. The highest BCUT2D eigenvalue weighted by atomic mass is 16.5. The summed E-state index contributed by atoms with van der Waals surface area (Å²) in [6.45, 7) is 10.7. The van der Waals surface area contributed by atoms with Crippen LogP contribution in [0.25, 0.3) is 11.0 Å². The fourth-order valence-corrected chi connectivity index (χ4v) is 2.71. The number of Topliss-reactive ketones (excluding diaryl/α,β-unsaturated/α-hetero) is 1. The second-order valence-electron chi connectivity index (χ2n) is 7.19. The van der Waals surface area contributed by atoms with Crippen molar-refractivity contribution >= 4 is 16.8 Å². The van der Waals surface area contributed by atoms with E-state index in [4.69, 9.17) is 13.9 Å². The van der Waals surface area contributed by atoms with Crippen LogP contribution in [0, 0.1) is 5.41 Å². The normalized spacial score (nSPS) is 16.5. The van der Waals surface area contributed by atoms with Crippen molar-refractivity contribution in [3.8, 4) is 5.75 Å². The zero-order valence-electron chi connectivity index (χ0n) is 14.6. The van der Waals surface area contributed by atoms with Gasteiger partial charge in [-0.3, -0.25) is 9.69 Å². The monoisotopic (exact) mass is 331 g/mol. The molecule has 1 aliphatic heterocycles. The van der Waals surface area contributed by atoms with Crippen molar-refractivity contribution in [3.05, 3.63) is 30.0 Å². The molecule has 0 amide bonds. The van der Waals surface area contributed by atoms with Crippen LogP contribution in [0.2, 0.25) is 0 Å². The van der Waals surface area contributed by atoms with Gasteiger partial charge in [0.05, 0.1) is 13.2 Å². The molecule has 0 aliphatic carbocycles. The number of benzene rings is 1. The van der Waals surface area contributed by atoms with E-state index in [9.17, 15) is 4.79 Å². The molecule has 1 aromatic carbocycles. The Labute approximate surface area is 142 Å². The zero-order valence-corrected chi connectivity index (χ0v) is 14.6. The highest BCUT2D eigenvalue weighted by Crippen LogP contribution is 2.28. The number of morpholine rings is 1. The number of nitrogens with zero attached hydrogens (tertiary/aromatic N) is 1. The molecule has 5 nitrogen and oxygen atoms in total. The summed E-state index contributed by atoms with van der Waals surface area (Å²) in [5.74, 6) is 1.21. The standard InChI is InChI=1S/C19H25NO4/c1-19(2,3)18(21)17-13-14-12-15(4-5-16(14)24-17)23-11-8-20-6-9-22-10-7-20/h4-5,12-13H,6-11H2,1-3H3. The number of carbonyl (C=O) groups is 1. The first-order valence-electron chi connectivity index (χ1n) is 8.45. The second kappa shape index (κ2) is 6.95. The van der Waals surface area contributed by atoms with Gasteiger partial charge in [-0.15, -0.1) is 0 Å². The molecule has 2 heterocycles. The first-order chi connectivity index (χ1) is 11.4. The molecule has 1 saturated heterocycles. The van der Waals surface area contributed by atoms with Crippen LogP contribution in [0.5, 0.6) is 5.75 Å². The summed E-state index contributed by atoms with van der Waals surface area (Å²) in [5, 5.41) is 0.895. The number of fused-ring (bicyclic) bond motifs is 1. The van der Waals surface area contributed by atoms with Crippen LogP contribution in [0.15, 0.2) is 28.7 Å². The summed E-state index contributed by atoms with van der Waals surface area (Å²) in [6.07, 6.45) is 0. The van der Waals surface area contributed by atoms with Crippen LogP contribution in [0.3, 0.4) is 0 Å². The van der Waals surface area contributed by atoms with Crippen molar-refractivity contribution in [3.63, 3.8) is 0 Å². The van der Waals surface area contributed by atoms with Gasteiger partial charge in [0, 0.05) is 30.4 Å². The average molecular weight is 331 g/mol. The maximum atomic E-state index is 12.3. The van der Waals surface area contributed by atoms with Crippen LogP contribution >= 0.6 is 0 Å². The van der Waals surface area contributed by atoms with E-state index < -0.39 is 5.41 Å². The number of carbonyl (C=O) groups excluding carboxylic acids is 1. The summed E-state index contributed by atoms with van der Waals surface area (Å²) < 4.78 is 16.9. The molecule has 1 aromatic heterocycles. The lowest BCUT2D eigenvalue weighted by Crippen LogP contribution is -2.38. The third-order valence-electron chi connectivity index (χ3n) is 4.17. The quantitative estimate of drug-likeness (QED) is 0.786. The predicted molar refractivity (Wildman–Crippen MR) is 92.8 cm³/mol. The van der Waals surface area contributed by atoms with E-state index in [0.29, 0.717) is 18.0 Å². The van der Waals surface area contributed by atoms with Crippen molar-refractivity contribution in [1.82, 2.24) is 4.90 Å². The van der Waals surface area contributed by atoms with E-state index >= 15 is 0 Å².